The Balaban J connectivity index is 2.43. The zero-order valence-electron chi connectivity index (χ0n) is 7.42. The summed E-state index contributed by atoms with van der Waals surface area (Å²) < 4.78 is 11.4. The Bertz CT molecular complexity index is 343. The Morgan fingerprint density at radius 3 is 3.14 bits per heavy atom. The minimum absolute atomic E-state index is 0.292. The number of ether oxygens (including phenoxy) is 2. The van der Waals surface area contributed by atoms with Crippen molar-refractivity contribution in [1.82, 2.24) is 5.48 Å². The van der Waals surface area contributed by atoms with E-state index in [1.54, 1.807) is 0 Å². The Kier molecular flexibility index (Phi) is 3.02. The third-order valence-corrected chi connectivity index (χ3v) is 2.87. The van der Waals surface area contributed by atoms with Gasteiger partial charge in [0.1, 0.15) is 5.75 Å². The van der Waals surface area contributed by atoms with Crippen LogP contribution in [0.3, 0.4) is 0 Å². The summed E-state index contributed by atoms with van der Waals surface area (Å²) in [7, 11) is 0. The summed E-state index contributed by atoms with van der Waals surface area (Å²) in [5, 5.41) is 8.69. The van der Waals surface area contributed by atoms with E-state index >= 15 is 0 Å². The second kappa shape index (κ2) is 4.27. The lowest BCUT2D eigenvalue weighted by molar-refractivity contribution is -0.0171. The van der Waals surface area contributed by atoms with E-state index in [1.807, 2.05) is 12.1 Å². The molecule has 1 aliphatic rings. The molecule has 0 aliphatic carbocycles. The average molecular weight is 260 g/mol. The third kappa shape index (κ3) is 1.76. The normalized spacial score (nSPS) is 14.7. The predicted octanol–water partition coefficient (Wildman–Crippen LogP) is 1.79. The third-order valence-electron chi connectivity index (χ3n) is 2.13. The van der Waals surface area contributed by atoms with Gasteiger partial charge in [-0.1, -0.05) is 15.9 Å². The molecule has 76 valence electrons. The summed E-state index contributed by atoms with van der Waals surface area (Å²) in [4.78, 5) is 0. The summed E-state index contributed by atoms with van der Waals surface area (Å²) in [6.45, 7) is 1.18. The molecule has 0 bridgehead atoms. The number of hydrogen-bond donors (Lipinski definition) is 2. The van der Waals surface area contributed by atoms with Crippen LogP contribution in [-0.4, -0.2) is 12.0 Å². The second-order valence-corrected chi connectivity index (χ2v) is 3.80. The molecule has 0 atom stereocenters. The summed E-state index contributed by atoms with van der Waals surface area (Å²) in [6, 6.07) is 3.79. The van der Waals surface area contributed by atoms with Crippen molar-refractivity contribution in [2.45, 2.75) is 13.2 Å². The van der Waals surface area contributed by atoms with Crippen molar-refractivity contribution >= 4 is 15.9 Å². The molecule has 0 saturated heterocycles. The van der Waals surface area contributed by atoms with Gasteiger partial charge in [0.2, 0.25) is 0 Å². The van der Waals surface area contributed by atoms with Gasteiger partial charge in [-0.15, -0.1) is 0 Å². The molecule has 1 aromatic rings. The molecule has 0 amide bonds. The summed E-state index contributed by atoms with van der Waals surface area (Å²) in [5.74, 6) is 0.824. The minimum Gasteiger partial charge on any atom is -0.467 e. The van der Waals surface area contributed by atoms with Crippen LogP contribution in [0.15, 0.2) is 16.6 Å². The molecule has 0 saturated carbocycles. The molecular weight excluding hydrogens is 250 g/mol. The Labute approximate surface area is 89.9 Å². The Morgan fingerprint density at radius 2 is 2.36 bits per heavy atom. The molecule has 14 heavy (non-hydrogen) atoms. The van der Waals surface area contributed by atoms with Crippen molar-refractivity contribution < 1.29 is 14.7 Å². The first-order valence-electron chi connectivity index (χ1n) is 4.20. The fourth-order valence-electron chi connectivity index (χ4n) is 1.46. The van der Waals surface area contributed by atoms with Crippen molar-refractivity contribution in [3.05, 3.63) is 27.7 Å². The van der Waals surface area contributed by atoms with E-state index in [1.165, 1.54) is 0 Å². The van der Waals surface area contributed by atoms with Gasteiger partial charge in [-0.05, 0) is 17.7 Å². The fourth-order valence-corrected chi connectivity index (χ4v) is 1.97. The van der Waals surface area contributed by atoms with Crippen LogP contribution >= 0.6 is 15.9 Å². The van der Waals surface area contributed by atoms with Crippen molar-refractivity contribution in [3.63, 3.8) is 0 Å². The number of halogens is 1. The van der Waals surface area contributed by atoms with Crippen LogP contribution in [0.4, 0.5) is 0 Å². The molecule has 1 aliphatic heterocycles. The van der Waals surface area contributed by atoms with E-state index in [0.717, 1.165) is 21.3 Å². The second-order valence-electron chi connectivity index (χ2n) is 2.95. The number of hydroxylamine groups is 1. The van der Waals surface area contributed by atoms with E-state index in [-0.39, 0.29) is 0 Å². The predicted molar refractivity (Wildman–Crippen MR) is 53.1 cm³/mol. The van der Waals surface area contributed by atoms with Gasteiger partial charge in [0.05, 0.1) is 6.61 Å². The van der Waals surface area contributed by atoms with Crippen LogP contribution in [0.25, 0.3) is 0 Å². The van der Waals surface area contributed by atoms with Gasteiger partial charge < -0.3 is 14.7 Å². The van der Waals surface area contributed by atoms with Gasteiger partial charge in [0.25, 0.3) is 0 Å². The molecule has 0 spiro atoms. The molecule has 4 nitrogen and oxygen atoms in total. The smallest absolute Gasteiger partial charge is 0.189 e. The van der Waals surface area contributed by atoms with Gasteiger partial charge in [0, 0.05) is 16.6 Å². The lowest BCUT2D eigenvalue weighted by Gasteiger charge is -2.21. The maximum atomic E-state index is 8.69. The average Bonchev–Trinajstić information content (AvgIpc) is 2.23. The highest BCUT2D eigenvalue weighted by molar-refractivity contribution is 9.10. The molecule has 1 aromatic carbocycles. The number of fused-ring (bicyclic) bond motifs is 1. The number of nitrogens with one attached hydrogen (secondary N) is 1. The molecule has 1 heterocycles. The summed E-state index contributed by atoms with van der Waals surface area (Å²) >= 11 is 3.41. The van der Waals surface area contributed by atoms with Crippen molar-refractivity contribution in [2.75, 3.05) is 6.79 Å². The zero-order chi connectivity index (χ0) is 9.97. The highest BCUT2D eigenvalue weighted by atomic mass is 79.9. The maximum Gasteiger partial charge on any atom is 0.189 e. The summed E-state index contributed by atoms with van der Waals surface area (Å²) in [6.07, 6.45) is 0. The van der Waals surface area contributed by atoms with Gasteiger partial charge in [0.15, 0.2) is 6.79 Å². The zero-order valence-corrected chi connectivity index (χ0v) is 9.00. The number of rotatable bonds is 2. The van der Waals surface area contributed by atoms with E-state index in [2.05, 4.69) is 21.4 Å². The van der Waals surface area contributed by atoms with E-state index < -0.39 is 0 Å². The Morgan fingerprint density at radius 1 is 1.50 bits per heavy atom. The minimum atomic E-state index is 0.292. The molecule has 0 radical (unpaired) electrons. The number of benzene rings is 1. The van der Waals surface area contributed by atoms with Crippen LogP contribution in [0.1, 0.15) is 11.1 Å². The van der Waals surface area contributed by atoms with Crippen molar-refractivity contribution in [2.24, 2.45) is 0 Å². The first-order chi connectivity index (χ1) is 6.83. The monoisotopic (exact) mass is 259 g/mol. The van der Waals surface area contributed by atoms with E-state index in [0.29, 0.717) is 19.9 Å². The van der Waals surface area contributed by atoms with Crippen LogP contribution < -0.4 is 10.2 Å². The lowest BCUT2D eigenvalue weighted by Crippen LogP contribution is -2.16. The Hall–Kier alpha value is -0.620. The SMILES string of the molecule is ONCc1c(Br)ccc2c1COCO2. The van der Waals surface area contributed by atoms with Crippen molar-refractivity contribution in [3.8, 4) is 5.75 Å². The van der Waals surface area contributed by atoms with Crippen LogP contribution in [-0.2, 0) is 17.9 Å². The lowest BCUT2D eigenvalue weighted by atomic mass is 10.1. The first kappa shape index (κ1) is 9.92. The molecule has 0 fully saturated rings. The van der Waals surface area contributed by atoms with E-state index in [4.69, 9.17) is 14.7 Å². The van der Waals surface area contributed by atoms with Crippen LogP contribution in [0, 0.1) is 0 Å². The van der Waals surface area contributed by atoms with E-state index in [9.17, 15) is 0 Å². The van der Waals surface area contributed by atoms with Gasteiger partial charge in [-0.25, -0.2) is 5.48 Å². The summed E-state index contributed by atoms with van der Waals surface area (Å²) in [5.41, 5.74) is 4.08. The first-order valence-corrected chi connectivity index (χ1v) is 5.00. The van der Waals surface area contributed by atoms with Crippen LogP contribution in [0.2, 0.25) is 0 Å². The van der Waals surface area contributed by atoms with Crippen LogP contribution in [0.5, 0.6) is 5.75 Å². The maximum absolute atomic E-state index is 8.69. The molecule has 5 heteroatoms. The highest BCUT2D eigenvalue weighted by Gasteiger charge is 2.16. The largest absolute Gasteiger partial charge is 0.467 e. The van der Waals surface area contributed by atoms with Gasteiger partial charge >= 0.3 is 0 Å². The van der Waals surface area contributed by atoms with Crippen molar-refractivity contribution in [1.29, 1.82) is 0 Å². The van der Waals surface area contributed by atoms with Gasteiger partial charge in [-0.3, -0.25) is 0 Å². The molecule has 0 unspecified atom stereocenters. The topological polar surface area (TPSA) is 50.7 Å². The van der Waals surface area contributed by atoms with Gasteiger partial charge in [-0.2, -0.15) is 0 Å². The highest BCUT2D eigenvalue weighted by Crippen LogP contribution is 2.31. The molecule has 2 N–H and O–H groups in total. The standard InChI is InChI=1S/C9H10BrNO3/c10-8-1-2-9-7(4-13-5-14-9)6(8)3-11-12/h1-2,11-12H,3-5H2. The molecular formula is C9H10BrNO3. The number of hydrogen-bond acceptors (Lipinski definition) is 4. The molecule has 2 rings (SSSR count). The fraction of sp³-hybridized carbons (Fsp3) is 0.333. The quantitative estimate of drug-likeness (QED) is 0.796. The molecule has 0 aromatic heterocycles.